The van der Waals surface area contributed by atoms with Gasteiger partial charge in [0, 0.05) is 5.39 Å². The molecular formula is C17H22FNO. The lowest BCUT2D eigenvalue weighted by molar-refractivity contribution is 0.305. The Morgan fingerprint density at radius 2 is 2.20 bits per heavy atom. The molecule has 2 nitrogen and oxygen atoms in total. The molecule has 1 heterocycles. The highest BCUT2D eigenvalue weighted by Crippen LogP contribution is 2.43. The van der Waals surface area contributed by atoms with E-state index in [1.165, 1.54) is 18.9 Å². The molecule has 1 aromatic carbocycles. The first kappa shape index (κ1) is 13.6. The Kier molecular flexibility index (Phi) is 3.79. The van der Waals surface area contributed by atoms with Crippen LogP contribution in [0.3, 0.4) is 0 Å². The molecule has 0 bridgehead atoms. The lowest BCUT2D eigenvalue weighted by atomic mass is 9.94. The summed E-state index contributed by atoms with van der Waals surface area (Å²) in [4.78, 5) is 0. The molecular weight excluding hydrogens is 253 g/mol. The van der Waals surface area contributed by atoms with Crippen molar-refractivity contribution in [3.05, 3.63) is 35.8 Å². The summed E-state index contributed by atoms with van der Waals surface area (Å²) in [5, 5.41) is 4.42. The lowest BCUT2D eigenvalue weighted by Gasteiger charge is -2.23. The molecule has 3 rings (SSSR count). The monoisotopic (exact) mass is 275 g/mol. The molecule has 1 aliphatic carbocycles. The molecule has 1 aliphatic rings. The smallest absolute Gasteiger partial charge is 0.169 e. The zero-order valence-electron chi connectivity index (χ0n) is 12.2. The minimum atomic E-state index is -0.276. The molecule has 2 unspecified atom stereocenters. The summed E-state index contributed by atoms with van der Waals surface area (Å²) < 4.78 is 19.6. The van der Waals surface area contributed by atoms with Crippen LogP contribution in [0.15, 0.2) is 28.7 Å². The van der Waals surface area contributed by atoms with E-state index in [0.717, 1.165) is 30.0 Å². The Morgan fingerprint density at radius 1 is 1.40 bits per heavy atom. The van der Waals surface area contributed by atoms with Crippen molar-refractivity contribution in [1.82, 2.24) is 5.32 Å². The second-order valence-electron chi connectivity index (χ2n) is 5.94. The fraction of sp³-hybridized carbons (Fsp3) is 0.529. The Balaban J connectivity index is 1.92. The number of para-hydroxylation sites is 1. The lowest BCUT2D eigenvalue weighted by Crippen LogP contribution is -2.28. The first-order valence-corrected chi connectivity index (χ1v) is 7.62. The van der Waals surface area contributed by atoms with Crippen LogP contribution in [-0.2, 0) is 0 Å². The summed E-state index contributed by atoms with van der Waals surface area (Å²) in [6.45, 7) is 5.39. The third-order valence-electron chi connectivity index (χ3n) is 4.33. The molecule has 0 radical (unpaired) electrons. The Hall–Kier alpha value is -1.35. The van der Waals surface area contributed by atoms with E-state index in [1.807, 2.05) is 12.1 Å². The SMILES string of the molecule is CCCNC(c1cc2cccc(F)c2o1)C(C)C1CC1. The number of fused-ring (bicyclic) bond motifs is 1. The standard InChI is InChI=1S/C17H22FNO/c1-3-9-19-16(11(2)12-7-8-12)15-10-13-5-4-6-14(18)17(13)20-15/h4-6,10-12,16,19H,3,7-9H2,1-2H3. The van der Waals surface area contributed by atoms with Gasteiger partial charge in [-0.25, -0.2) is 4.39 Å². The summed E-state index contributed by atoms with van der Waals surface area (Å²) in [6.07, 6.45) is 3.70. The van der Waals surface area contributed by atoms with Crippen molar-refractivity contribution < 1.29 is 8.81 Å². The highest BCUT2D eigenvalue weighted by Gasteiger charge is 2.35. The second-order valence-corrected chi connectivity index (χ2v) is 5.94. The maximum atomic E-state index is 13.8. The van der Waals surface area contributed by atoms with Crippen LogP contribution < -0.4 is 5.32 Å². The molecule has 0 aliphatic heterocycles. The minimum Gasteiger partial charge on any atom is -0.456 e. The van der Waals surface area contributed by atoms with Crippen LogP contribution in [0.1, 0.15) is 44.9 Å². The zero-order chi connectivity index (χ0) is 14.1. The maximum Gasteiger partial charge on any atom is 0.169 e. The van der Waals surface area contributed by atoms with Crippen molar-refractivity contribution in [1.29, 1.82) is 0 Å². The van der Waals surface area contributed by atoms with Gasteiger partial charge < -0.3 is 9.73 Å². The maximum absolute atomic E-state index is 13.8. The number of nitrogens with one attached hydrogen (secondary N) is 1. The summed E-state index contributed by atoms with van der Waals surface area (Å²) in [5.41, 5.74) is 0.383. The number of rotatable bonds is 6. The fourth-order valence-electron chi connectivity index (χ4n) is 2.94. The van der Waals surface area contributed by atoms with E-state index < -0.39 is 0 Å². The quantitative estimate of drug-likeness (QED) is 0.829. The topological polar surface area (TPSA) is 25.2 Å². The molecule has 0 spiro atoms. The van der Waals surface area contributed by atoms with Crippen LogP contribution in [0.4, 0.5) is 4.39 Å². The van der Waals surface area contributed by atoms with Crippen LogP contribution in [-0.4, -0.2) is 6.54 Å². The molecule has 20 heavy (non-hydrogen) atoms. The number of hydrogen-bond donors (Lipinski definition) is 1. The number of hydrogen-bond acceptors (Lipinski definition) is 2. The molecule has 1 N–H and O–H groups in total. The van der Waals surface area contributed by atoms with Gasteiger partial charge in [0.15, 0.2) is 11.4 Å². The molecule has 2 aromatic rings. The third kappa shape index (κ3) is 2.59. The van der Waals surface area contributed by atoms with Crippen LogP contribution in [0.2, 0.25) is 0 Å². The van der Waals surface area contributed by atoms with E-state index in [9.17, 15) is 4.39 Å². The highest BCUT2D eigenvalue weighted by atomic mass is 19.1. The summed E-state index contributed by atoms with van der Waals surface area (Å²) in [6, 6.07) is 7.27. The Bertz CT molecular complexity index is 588. The zero-order valence-corrected chi connectivity index (χ0v) is 12.2. The van der Waals surface area contributed by atoms with E-state index in [0.29, 0.717) is 11.5 Å². The number of halogens is 1. The van der Waals surface area contributed by atoms with Gasteiger partial charge in [0.05, 0.1) is 6.04 Å². The summed E-state index contributed by atoms with van der Waals surface area (Å²) >= 11 is 0. The Labute approximate surface area is 119 Å². The predicted molar refractivity (Wildman–Crippen MR) is 79.1 cm³/mol. The summed E-state index contributed by atoms with van der Waals surface area (Å²) in [5.74, 6) is 1.91. The second kappa shape index (κ2) is 5.57. The van der Waals surface area contributed by atoms with E-state index >= 15 is 0 Å². The highest BCUT2D eigenvalue weighted by molar-refractivity contribution is 5.78. The first-order valence-electron chi connectivity index (χ1n) is 7.62. The molecule has 0 amide bonds. The van der Waals surface area contributed by atoms with Crippen LogP contribution in [0.5, 0.6) is 0 Å². The van der Waals surface area contributed by atoms with E-state index in [4.69, 9.17) is 4.42 Å². The van der Waals surface area contributed by atoms with Gasteiger partial charge in [-0.1, -0.05) is 26.0 Å². The minimum absolute atomic E-state index is 0.189. The van der Waals surface area contributed by atoms with Crippen molar-refractivity contribution in [2.24, 2.45) is 11.8 Å². The molecule has 3 heteroatoms. The number of furan rings is 1. The average molecular weight is 275 g/mol. The van der Waals surface area contributed by atoms with Gasteiger partial charge in [-0.2, -0.15) is 0 Å². The van der Waals surface area contributed by atoms with Crippen molar-refractivity contribution in [3.8, 4) is 0 Å². The predicted octanol–water partition coefficient (Wildman–Crippen LogP) is 4.66. The van der Waals surface area contributed by atoms with Crippen molar-refractivity contribution >= 4 is 11.0 Å². The average Bonchev–Trinajstić information content (AvgIpc) is 3.20. The molecule has 1 aromatic heterocycles. The van der Waals surface area contributed by atoms with Crippen LogP contribution >= 0.6 is 0 Å². The van der Waals surface area contributed by atoms with Gasteiger partial charge in [0.1, 0.15) is 5.76 Å². The van der Waals surface area contributed by atoms with Crippen molar-refractivity contribution in [2.45, 2.75) is 39.2 Å². The molecule has 0 saturated heterocycles. The summed E-state index contributed by atoms with van der Waals surface area (Å²) in [7, 11) is 0. The van der Waals surface area contributed by atoms with Crippen molar-refractivity contribution in [3.63, 3.8) is 0 Å². The van der Waals surface area contributed by atoms with Gasteiger partial charge in [-0.15, -0.1) is 0 Å². The van der Waals surface area contributed by atoms with Gasteiger partial charge in [0.2, 0.25) is 0 Å². The van der Waals surface area contributed by atoms with Crippen LogP contribution in [0.25, 0.3) is 11.0 Å². The van der Waals surface area contributed by atoms with Gasteiger partial charge >= 0.3 is 0 Å². The van der Waals surface area contributed by atoms with Crippen LogP contribution in [0, 0.1) is 17.7 Å². The van der Waals surface area contributed by atoms with Gasteiger partial charge in [-0.3, -0.25) is 0 Å². The fourth-order valence-corrected chi connectivity index (χ4v) is 2.94. The normalized spacial score (nSPS) is 18.4. The van der Waals surface area contributed by atoms with Crippen molar-refractivity contribution in [2.75, 3.05) is 6.54 Å². The van der Waals surface area contributed by atoms with E-state index in [2.05, 4.69) is 19.2 Å². The van der Waals surface area contributed by atoms with E-state index in [-0.39, 0.29) is 11.9 Å². The molecule has 1 saturated carbocycles. The van der Waals surface area contributed by atoms with Gasteiger partial charge in [-0.05, 0) is 49.8 Å². The first-order chi connectivity index (χ1) is 9.70. The number of benzene rings is 1. The largest absolute Gasteiger partial charge is 0.456 e. The molecule has 108 valence electrons. The van der Waals surface area contributed by atoms with Gasteiger partial charge in [0.25, 0.3) is 0 Å². The van der Waals surface area contributed by atoms with E-state index in [1.54, 1.807) is 6.07 Å². The third-order valence-corrected chi connectivity index (χ3v) is 4.33. The Morgan fingerprint density at radius 3 is 2.85 bits per heavy atom. The molecule has 2 atom stereocenters. The molecule has 1 fully saturated rings.